The van der Waals surface area contributed by atoms with Crippen LogP contribution in [0.2, 0.25) is 0 Å². The lowest BCUT2D eigenvalue weighted by Crippen LogP contribution is -2.21. The van der Waals surface area contributed by atoms with Gasteiger partial charge in [0.15, 0.2) is 0 Å². The van der Waals surface area contributed by atoms with Crippen LogP contribution in [0.15, 0.2) is 23.9 Å². The van der Waals surface area contributed by atoms with Crippen LogP contribution in [-0.2, 0) is 9.74 Å². The molecule has 0 saturated heterocycles. The molecule has 0 aliphatic heterocycles. The number of allylic oxidation sites excluding steroid dienone is 4. The molecular formula is C8H12FNO2. The van der Waals surface area contributed by atoms with E-state index in [2.05, 4.69) is 10.3 Å². The van der Waals surface area contributed by atoms with E-state index in [0.29, 0.717) is 0 Å². The molecule has 0 rings (SSSR count). The van der Waals surface area contributed by atoms with Crippen molar-refractivity contribution < 1.29 is 14.3 Å². The molecule has 0 aromatic heterocycles. The lowest BCUT2D eigenvalue weighted by molar-refractivity contribution is -0.182. The lowest BCUT2D eigenvalue weighted by Gasteiger charge is -2.00. The molecular weight excluding hydrogens is 161 g/mol. The minimum atomic E-state index is -0.928. The van der Waals surface area contributed by atoms with Gasteiger partial charge in [-0.25, -0.2) is 4.79 Å². The van der Waals surface area contributed by atoms with Gasteiger partial charge in [-0.1, -0.05) is 12.2 Å². The molecule has 0 aromatic carbocycles. The molecule has 4 heteroatoms. The van der Waals surface area contributed by atoms with Gasteiger partial charge in [-0.2, -0.15) is 0 Å². The van der Waals surface area contributed by atoms with E-state index in [9.17, 15) is 9.32 Å². The topological polar surface area (TPSA) is 38.3 Å². The molecule has 0 aliphatic rings. The largest absolute Gasteiger partial charge is 0.378 e. The Morgan fingerprint density at radius 1 is 1.67 bits per heavy atom. The molecule has 0 heterocycles. The third-order valence-electron chi connectivity index (χ3n) is 1.14. The summed E-state index contributed by atoms with van der Waals surface area (Å²) in [5.41, 5.74) is 0.776. The molecule has 68 valence electrons. The molecule has 1 N–H and O–H groups in total. The second-order valence-corrected chi connectivity index (χ2v) is 2.18. The first-order chi connectivity index (χ1) is 5.70. The molecule has 0 atom stereocenters. The summed E-state index contributed by atoms with van der Waals surface area (Å²) in [6.07, 6.45) is 5.42. The number of hydrogen-bond donors (Lipinski definition) is 1. The highest BCUT2D eigenvalue weighted by atomic mass is 19.3. The van der Waals surface area contributed by atoms with Crippen LogP contribution in [0.4, 0.5) is 4.53 Å². The van der Waals surface area contributed by atoms with Crippen molar-refractivity contribution >= 4 is 5.97 Å². The minimum absolute atomic E-state index is 0.156. The van der Waals surface area contributed by atoms with Crippen LogP contribution in [0.25, 0.3) is 0 Å². The summed E-state index contributed by atoms with van der Waals surface area (Å²) in [5.74, 6) is -0.928. The molecule has 0 aliphatic carbocycles. The Bertz CT molecular complexity index is 199. The van der Waals surface area contributed by atoms with Gasteiger partial charge in [-0.3, -0.25) is 4.94 Å². The normalized spacial score (nSPS) is 11.8. The molecule has 0 fully saturated rings. The van der Waals surface area contributed by atoms with E-state index >= 15 is 0 Å². The van der Waals surface area contributed by atoms with Crippen molar-refractivity contribution in [3.05, 3.63) is 23.9 Å². The number of carbonyl (C=O) groups excluding carboxylic acids is 1. The maximum absolute atomic E-state index is 11.2. The lowest BCUT2D eigenvalue weighted by atomic mass is 10.4. The monoisotopic (exact) mass is 173 g/mol. The van der Waals surface area contributed by atoms with Crippen LogP contribution < -0.4 is 5.32 Å². The molecule has 0 spiro atoms. The first-order valence-electron chi connectivity index (χ1n) is 3.55. The standard InChI is InChI=1S/C8H12FNO2/c1-3-4-5-7(2)10-6-8(11)12-9/h3-5,10H,6H2,1-2H3/b4-3-,7-5+. The zero-order valence-corrected chi connectivity index (χ0v) is 7.13. The number of nitrogens with one attached hydrogen (secondary N) is 1. The van der Waals surface area contributed by atoms with Gasteiger partial charge in [0, 0.05) is 10.2 Å². The van der Waals surface area contributed by atoms with Crippen LogP contribution in [0.5, 0.6) is 0 Å². The smallest absolute Gasteiger partial charge is 0.367 e. The molecule has 0 unspecified atom stereocenters. The van der Waals surface area contributed by atoms with Gasteiger partial charge in [-0.05, 0) is 19.9 Å². The number of rotatable bonds is 4. The van der Waals surface area contributed by atoms with Gasteiger partial charge in [0.1, 0.15) is 6.54 Å². The van der Waals surface area contributed by atoms with Crippen molar-refractivity contribution in [2.75, 3.05) is 6.54 Å². The Kier molecular flexibility index (Phi) is 5.69. The van der Waals surface area contributed by atoms with Gasteiger partial charge in [0.2, 0.25) is 0 Å². The quantitative estimate of drug-likeness (QED) is 0.654. The van der Waals surface area contributed by atoms with Crippen LogP contribution >= 0.6 is 0 Å². The van der Waals surface area contributed by atoms with Crippen molar-refractivity contribution in [1.29, 1.82) is 0 Å². The Labute approximate surface area is 70.8 Å². The van der Waals surface area contributed by atoms with Gasteiger partial charge in [0.05, 0.1) is 0 Å². The van der Waals surface area contributed by atoms with Crippen LogP contribution in [-0.4, -0.2) is 12.5 Å². The fourth-order valence-electron chi connectivity index (χ4n) is 0.538. The predicted octanol–water partition coefficient (Wildman–Crippen LogP) is 1.48. The van der Waals surface area contributed by atoms with E-state index in [0.717, 1.165) is 5.70 Å². The zero-order chi connectivity index (χ0) is 9.40. The average molecular weight is 173 g/mol. The minimum Gasteiger partial charge on any atom is -0.378 e. The zero-order valence-electron chi connectivity index (χ0n) is 7.13. The van der Waals surface area contributed by atoms with Crippen LogP contribution in [0.3, 0.4) is 0 Å². The van der Waals surface area contributed by atoms with Crippen LogP contribution in [0, 0.1) is 0 Å². The van der Waals surface area contributed by atoms with Gasteiger partial charge < -0.3 is 5.32 Å². The van der Waals surface area contributed by atoms with Crippen molar-refractivity contribution in [3.63, 3.8) is 0 Å². The van der Waals surface area contributed by atoms with Crippen LogP contribution in [0.1, 0.15) is 13.8 Å². The van der Waals surface area contributed by atoms with E-state index < -0.39 is 5.97 Å². The highest BCUT2D eigenvalue weighted by molar-refractivity contribution is 5.71. The van der Waals surface area contributed by atoms with E-state index in [1.165, 1.54) is 0 Å². The Morgan fingerprint density at radius 2 is 2.33 bits per heavy atom. The van der Waals surface area contributed by atoms with E-state index in [1.807, 2.05) is 19.1 Å². The maximum Gasteiger partial charge on any atom is 0.367 e. The first-order valence-corrected chi connectivity index (χ1v) is 3.55. The summed E-state index contributed by atoms with van der Waals surface area (Å²) in [6, 6.07) is 0. The number of halogens is 1. The third-order valence-corrected chi connectivity index (χ3v) is 1.14. The highest BCUT2D eigenvalue weighted by Crippen LogP contribution is 1.87. The van der Waals surface area contributed by atoms with Gasteiger partial charge in [-0.15, -0.1) is 0 Å². The van der Waals surface area contributed by atoms with Crippen molar-refractivity contribution in [2.45, 2.75) is 13.8 Å². The molecule has 0 aromatic rings. The summed E-state index contributed by atoms with van der Waals surface area (Å²) >= 11 is 0. The Hall–Kier alpha value is -1.32. The average Bonchev–Trinajstić information content (AvgIpc) is 2.10. The summed E-state index contributed by atoms with van der Waals surface area (Å²) in [6.45, 7) is 3.49. The third kappa shape index (κ3) is 5.46. The first kappa shape index (κ1) is 10.7. The molecule has 0 bridgehead atoms. The fourth-order valence-corrected chi connectivity index (χ4v) is 0.538. The van der Waals surface area contributed by atoms with E-state index in [1.54, 1.807) is 13.0 Å². The molecule has 0 amide bonds. The molecule has 0 radical (unpaired) electrons. The summed E-state index contributed by atoms with van der Waals surface area (Å²) < 4.78 is 11.2. The molecule has 0 saturated carbocycles. The van der Waals surface area contributed by atoms with Crippen molar-refractivity contribution in [3.8, 4) is 0 Å². The Balaban J connectivity index is 3.70. The van der Waals surface area contributed by atoms with Gasteiger partial charge >= 0.3 is 5.97 Å². The Morgan fingerprint density at radius 3 is 2.83 bits per heavy atom. The maximum atomic E-state index is 11.2. The number of carbonyl (C=O) groups is 1. The predicted molar refractivity (Wildman–Crippen MR) is 43.8 cm³/mol. The summed E-state index contributed by atoms with van der Waals surface area (Å²) in [5, 5.41) is 2.66. The van der Waals surface area contributed by atoms with E-state index in [4.69, 9.17) is 0 Å². The highest BCUT2D eigenvalue weighted by Gasteiger charge is 2.00. The second-order valence-electron chi connectivity index (χ2n) is 2.18. The SMILES string of the molecule is C/C=C\C=C(/C)NCC(=O)OF. The molecule has 3 nitrogen and oxygen atoms in total. The summed E-state index contributed by atoms with van der Waals surface area (Å²) in [4.78, 5) is 13.2. The summed E-state index contributed by atoms with van der Waals surface area (Å²) in [7, 11) is 0. The number of hydrogen-bond acceptors (Lipinski definition) is 3. The second kappa shape index (κ2) is 6.39. The fraction of sp³-hybridized carbons (Fsp3) is 0.375. The van der Waals surface area contributed by atoms with Crippen molar-refractivity contribution in [2.24, 2.45) is 0 Å². The molecule has 12 heavy (non-hydrogen) atoms. The van der Waals surface area contributed by atoms with Gasteiger partial charge in [0.25, 0.3) is 0 Å². The van der Waals surface area contributed by atoms with Crippen molar-refractivity contribution in [1.82, 2.24) is 5.32 Å². The van der Waals surface area contributed by atoms with E-state index in [-0.39, 0.29) is 6.54 Å².